The monoisotopic (exact) mass is 304 g/mol. The van der Waals surface area contributed by atoms with Crippen LogP contribution in [0.25, 0.3) is 0 Å². The number of amides is 1. The van der Waals surface area contributed by atoms with Gasteiger partial charge in [-0.1, -0.05) is 19.0 Å². The number of halogens is 1. The van der Waals surface area contributed by atoms with Crippen LogP contribution >= 0.6 is 12.4 Å². The van der Waals surface area contributed by atoms with E-state index in [1.54, 1.807) is 6.92 Å². The minimum absolute atomic E-state index is 0. The predicted octanol–water partition coefficient (Wildman–Crippen LogP) is 1.76. The molecule has 0 saturated heterocycles. The molecule has 1 aromatic rings. The maximum Gasteiger partial charge on any atom is 0.226 e. The molecule has 1 aromatic heterocycles. The lowest BCUT2D eigenvalue weighted by Crippen LogP contribution is -2.52. The molecule has 3 N–H and O–H groups in total. The fourth-order valence-electron chi connectivity index (χ4n) is 1.97. The van der Waals surface area contributed by atoms with Gasteiger partial charge in [0.15, 0.2) is 5.82 Å². The Balaban J connectivity index is 0.00000361. The lowest BCUT2D eigenvalue weighted by atomic mass is 9.92. The minimum atomic E-state index is -0.266. The smallest absolute Gasteiger partial charge is 0.226 e. The van der Waals surface area contributed by atoms with E-state index >= 15 is 0 Å². The molecular formula is C13H25ClN4O2. The largest absolute Gasteiger partial charge is 0.349 e. The van der Waals surface area contributed by atoms with E-state index in [9.17, 15) is 4.79 Å². The van der Waals surface area contributed by atoms with Gasteiger partial charge in [0.25, 0.3) is 0 Å². The number of nitrogens with one attached hydrogen (secondary N) is 1. The average molecular weight is 305 g/mol. The van der Waals surface area contributed by atoms with Crippen molar-refractivity contribution in [1.29, 1.82) is 0 Å². The maximum atomic E-state index is 11.9. The Morgan fingerprint density at radius 3 is 2.50 bits per heavy atom. The van der Waals surface area contributed by atoms with E-state index in [0.29, 0.717) is 37.5 Å². The van der Waals surface area contributed by atoms with Crippen molar-refractivity contribution >= 4 is 18.3 Å². The number of aryl methyl sites for hydroxylation is 2. The summed E-state index contributed by atoms with van der Waals surface area (Å²) in [7, 11) is 0. The van der Waals surface area contributed by atoms with Crippen molar-refractivity contribution in [3.8, 4) is 0 Å². The summed E-state index contributed by atoms with van der Waals surface area (Å²) in [4.78, 5) is 16.0. The summed E-state index contributed by atoms with van der Waals surface area (Å²) < 4.78 is 5.00. The summed E-state index contributed by atoms with van der Waals surface area (Å²) in [6.45, 7) is 6.32. The molecule has 0 bridgehead atoms. The van der Waals surface area contributed by atoms with Crippen molar-refractivity contribution in [1.82, 2.24) is 15.5 Å². The van der Waals surface area contributed by atoms with Gasteiger partial charge in [-0.05, 0) is 26.2 Å². The van der Waals surface area contributed by atoms with Crippen LogP contribution in [0.15, 0.2) is 4.52 Å². The molecule has 0 aliphatic rings. The maximum absolute atomic E-state index is 11.9. The van der Waals surface area contributed by atoms with Crippen molar-refractivity contribution in [2.45, 2.75) is 58.4 Å². The van der Waals surface area contributed by atoms with E-state index in [2.05, 4.69) is 15.5 Å². The van der Waals surface area contributed by atoms with Gasteiger partial charge in [0.1, 0.15) is 0 Å². The number of rotatable bonds is 8. The molecule has 1 amide bonds. The van der Waals surface area contributed by atoms with Crippen molar-refractivity contribution in [2.75, 3.05) is 6.54 Å². The van der Waals surface area contributed by atoms with Gasteiger partial charge in [0.05, 0.1) is 5.54 Å². The average Bonchev–Trinajstić information content (AvgIpc) is 2.82. The quantitative estimate of drug-likeness (QED) is 0.763. The molecule has 6 nitrogen and oxygen atoms in total. The fraction of sp³-hybridized carbons (Fsp3) is 0.769. The highest BCUT2D eigenvalue weighted by molar-refractivity contribution is 5.85. The van der Waals surface area contributed by atoms with Gasteiger partial charge in [-0.2, -0.15) is 4.98 Å². The SMILES string of the molecule is CCC(CC)(CN)NC(=O)CCCc1nc(C)no1.Cl. The third kappa shape index (κ3) is 5.46. The number of nitrogens with zero attached hydrogens (tertiary/aromatic N) is 2. The number of aromatic nitrogens is 2. The van der Waals surface area contributed by atoms with Crippen LogP contribution in [0.5, 0.6) is 0 Å². The Labute approximate surface area is 126 Å². The van der Waals surface area contributed by atoms with Gasteiger partial charge in [-0.15, -0.1) is 12.4 Å². The molecule has 116 valence electrons. The molecule has 1 heterocycles. The van der Waals surface area contributed by atoms with E-state index in [0.717, 1.165) is 12.8 Å². The lowest BCUT2D eigenvalue weighted by molar-refractivity contribution is -0.123. The Hall–Kier alpha value is -1.14. The molecular weight excluding hydrogens is 280 g/mol. The molecule has 20 heavy (non-hydrogen) atoms. The van der Waals surface area contributed by atoms with Crippen molar-refractivity contribution in [3.63, 3.8) is 0 Å². The molecule has 7 heteroatoms. The van der Waals surface area contributed by atoms with Crippen molar-refractivity contribution in [3.05, 3.63) is 11.7 Å². The Bertz CT molecular complexity index is 397. The van der Waals surface area contributed by atoms with Crippen LogP contribution in [0.1, 0.15) is 51.2 Å². The second-order valence-electron chi connectivity index (χ2n) is 4.83. The summed E-state index contributed by atoms with van der Waals surface area (Å²) in [5, 5.41) is 6.75. The van der Waals surface area contributed by atoms with Crippen LogP contribution in [0.3, 0.4) is 0 Å². The van der Waals surface area contributed by atoms with Crippen LogP contribution < -0.4 is 11.1 Å². The van der Waals surface area contributed by atoms with Gasteiger partial charge in [-0.25, -0.2) is 0 Å². The van der Waals surface area contributed by atoms with Gasteiger partial charge in [-0.3, -0.25) is 4.79 Å². The summed E-state index contributed by atoms with van der Waals surface area (Å²) in [5.41, 5.74) is 5.49. The number of carbonyl (C=O) groups excluding carboxylic acids is 1. The Kier molecular flexibility index (Phi) is 8.41. The first kappa shape index (κ1) is 18.9. The Morgan fingerprint density at radius 1 is 1.40 bits per heavy atom. The second-order valence-corrected chi connectivity index (χ2v) is 4.83. The minimum Gasteiger partial charge on any atom is -0.349 e. The highest BCUT2D eigenvalue weighted by atomic mass is 35.5. The lowest BCUT2D eigenvalue weighted by Gasteiger charge is -2.31. The van der Waals surface area contributed by atoms with Gasteiger partial charge in [0, 0.05) is 19.4 Å². The topological polar surface area (TPSA) is 94.0 Å². The van der Waals surface area contributed by atoms with Crippen LogP contribution in [-0.2, 0) is 11.2 Å². The molecule has 0 unspecified atom stereocenters. The molecule has 0 radical (unpaired) electrons. The van der Waals surface area contributed by atoms with E-state index in [1.165, 1.54) is 0 Å². The van der Waals surface area contributed by atoms with Crippen molar-refractivity contribution in [2.24, 2.45) is 5.73 Å². The highest BCUT2D eigenvalue weighted by Gasteiger charge is 2.25. The molecule has 0 aliphatic carbocycles. The zero-order valence-corrected chi connectivity index (χ0v) is 13.3. The zero-order chi connectivity index (χ0) is 14.3. The number of hydrogen-bond donors (Lipinski definition) is 2. The van der Waals surface area contributed by atoms with E-state index in [4.69, 9.17) is 10.3 Å². The molecule has 0 saturated carbocycles. The molecule has 0 spiro atoms. The molecule has 0 fully saturated rings. The summed E-state index contributed by atoms with van der Waals surface area (Å²) in [6.07, 6.45) is 3.45. The molecule has 0 aromatic carbocycles. The summed E-state index contributed by atoms with van der Waals surface area (Å²) >= 11 is 0. The van der Waals surface area contributed by atoms with Gasteiger partial charge in [0.2, 0.25) is 11.8 Å². The van der Waals surface area contributed by atoms with E-state index in [1.807, 2.05) is 13.8 Å². The first-order valence-corrected chi connectivity index (χ1v) is 6.85. The van der Waals surface area contributed by atoms with Crippen LogP contribution in [0, 0.1) is 6.92 Å². The van der Waals surface area contributed by atoms with E-state index in [-0.39, 0.29) is 23.9 Å². The zero-order valence-electron chi connectivity index (χ0n) is 12.4. The highest BCUT2D eigenvalue weighted by Crippen LogP contribution is 2.13. The predicted molar refractivity (Wildman–Crippen MR) is 79.7 cm³/mol. The molecule has 0 aliphatic heterocycles. The third-order valence-corrected chi connectivity index (χ3v) is 3.51. The molecule has 0 atom stereocenters. The Morgan fingerprint density at radius 2 is 2.05 bits per heavy atom. The van der Waals surface area contributed by atoms with Crippen LogP contribution in [0.4, 0.5) is 0 Å². The number of hydrogen-bond acceptors (Lipinski definition) is 5. The summed E-state index contributed by atoms with van der Waals surface area (Å²) in [5.74, 6) is 1.24. The second kappa shape index (κ2) is 8.92. The third-order valence-electron chi connectivity index (χ3n) is 3.51. The fourth-order valence-corrected chi connectivity index (χ4v) is 1.97. The number of nitrogens with two attached hydrogens (primary N) is 1. The van der Waals surface area contributed by atoms with E-state index < -0.39 is 0 Å². The van der Waals surface area contributed by atoms with Gasteiger partial charge < -0.3 is 15.6 Å². The standard InChI is InChI=1S/C13H24N4O2.ClH/c1-4-13(5-2,9-14)16-11(18)7-6-8-12-15-10(3)17-19-12;/h4-9,14H2,1-3H3,(H,16,18);1H. The first-order chi connectivity index (χ1) is 9.05. The van der Waals surface area contributed by atoms with Crippen LogP contribution in [0.2, 0.25) is 0 Å². The van der Waals surface area contributed by atoms with Gasteiger partial charge >= 0.3 is 0 Å². The normalized spacial score (nSPS) is 11.0. The first-order valence-electron chi connectivity index (χ1n) is 6.85. The van der Waals surface area contributed by atoms with Crippen molar-refractivity contribution < 1.29 is 9.32 Å². The molecule has 1 rings (SSSR count). The summed E-state index contributed by atoms with van der Waals surface area (Å²) in [6, 6.07) is 0. The van der Waals surface area contributed by atoms with Crippen LogP contribution in [-0.4, -0.2) is 28.1 Å². The number of carbonyl (C=O) groups is 1.